The number of carbonyl (C=O) groups excluding carboxylic acids is 1. The van der Waals surface area contributed by atoms with Crippen molar-refractivity contribution in [1.82, 2.24) is 0 Å². The molecule has 0 fully saturated rings. The number of rotatable bonds is 4. The van der Waals surface area contributed by atoms with Gasteiger partial charge in [-0.1, -0.05) is 32.4 Å². The largest absolute Gasteiger partial charge is 0.465 e. The van der Waals surface area contributed by atoms with Crippen LogP contribution in [0.3, 0.4) is 0 Å². The minimum absolute atomic E-state index is 0. The molecule has 4 heteroatoms. The van der Waals surface area contributed by atoms with E-state index in [1.807, 2.05) is 18.2 Å². The van der Waals surface area contributed by atoms with Crippen LogP contribution in [0.1, 0.15) is 42.2 Å². The fourth-order valence-corrected chi connectivity index (χ4v) is 1.57. The van der Waals surface area contributed by atoms with Crippen molar-refractivity contribution in [2.75, 3.05) is 7.11 Å². The van der Waals surface area contributed by atoms with Gasteiger partial charge < -0.3 is 10.5 Å². The summed E-state index contributed by atoms with van der Waals surface area (Å²) >= 11 is 0. The molecule has 0 aromatic heterocycles. The first kappa shape index (κ1) is 15.9. The van der Waals surface area contributed by atoms with Gasteiger partial charge in [0, 0.05) is 6.04 Å². The average Bonchev–Trinajstić information content (AvgIpc) is 2.36. The summed E-state index contributed by atoms with van der Waals surface area (Å²) in [4.78, 5) is 11.4. The van der Waals surface area contributed by atoms with E-state index in [1.54, 1.807) is 6.07 Å². The molecular formula is C13H20ClNO2. The van der Waals surface area contributed by atoms with Crippen LogP contribution in [0, 0.1) is 5.92 Å². The van der Waals surface area contributed by atoms with Crippen LogP contribution in [0.5, 0.6) is 0 Å². The van der Waals surface area contributed by atoms with Crippen molar-refractivity contribution in [3.8, 4) is 0 Å². The van der Waals surface area contributed by atoms with Crippen LogP contribution in [-0.4, -0.2) is 13.1 Å². The summed E-state index contributed by atoms with van der Waals surface area (Å²) < 4.78 is 4.68. The zero-order chi connectivity index (χ0) is 12.1. The molecule has 2 N–H and O–H groups in total. The maximum atomic E-state index is 11.4. The Kier molecular flexibility index (Phi) is 6.85. The zero-order valence-corrected chi connectivity index (χ0v) is 11.3. The van der Waals surface area contributed by atoms with Gasteiger partial charge in [0.2, 0.25) is 0 Å². The molecule has 0 heterocycles. The second kappa shape index (κ2) is 7.30. The summed E-state index contributed by atoms with van der Waals surface area (Å²) in [5.41, 5.74) is 7.65. The predicted molar refractivity (Wildman–Crippen MR) is 71.4 cm³/mol. The van der Waals surface area contributed by atoms with Gasteiger partial charge in [0.15, 0.2) is 0 Å². The van der Waals surface area contributed by atoms with Gasteiger partial charge in [0.05, 0.1) is 12.7 Å². The van der Waals surface area contributed by atoms with Crippen molar-refractivity contribution < 1.29 is 9.53 Å². The topological polar surface area (TPSA) is 52.3 Å². The zero-order valence-electron chi connectivity index (χ0n) is 10.5. The Labute approximate surface area is 109 Å². The second-order valence-electron chi connectivity index (χ2n) is 4.03. The van der Waals surface area contributed by atoms with Crippen molar-refractivity contribution in [2.45, 2.75) is 26.3 Å². The molecule has 3 nitrogen and oxygen atoms in total. The van der Waals surface area contributed by atoms with Crippen LogP contribution in [-0.2, 0) is 4.74 Å². The Hall–Kier alpha value is -1.06. The molecule has 2 atom stereocenters. The van der Waals surface area contributed by atoms with Crippen LogP contribution in [0.15, 0.2) is 24.3 Å². The SMILES string of the molecule is CCC(C)[C@H](N)c1cccc(C(=O)OC)c1.Cl. The lowest BCUT2D eigenvalue weighted by Crippen LogP contribution is -2.19. The molecule has 1 rings (SSSR count). The van der Waals surface area contributed by atoms with Crippen molar-refractivity contribution in [3.05, 3.63) is 35.4 Å². The Morgan fingerprint density at radius 3 is 2.65 bits per heavy atom. The molecule has 1 aromatic carbocycles. The Morgan fingerprint density at radius 1 is 1.47 bits per heavy atom. The van der Waals surface area contributed by atoms with Crippen LogP contribution in [0.25, 0.3) is 0 Å². The normalized spacial score (nSPS) is 13.4. The smallest absolute Gasteiger partial charge is 0.337 e. The van der Waals surface area contributed by atoms with Gasteiger partial charge in [0.1, 0.15) is 0 Å². The van der Waals surface area contributed by atoms with Gasteiger partial charge in [-0.2, -0.15) is 0 Å². The summed E-state index contributed by atoms with van der Waals surface area (Å²) in [6, 6.07) is 7.30. The number of benzene rings is 1. The number of halogens is 1. The summed E-state index contributed by atoms with van der Waals surface area (Å²) in [6.45, 7) is 4.21. The molecule has 0 amide bonds. The van der Waals surface area contributed by atoms with Crippen molar-refractivity contribution in [3.63, 3.8) is 0 Å². The predicted octanol–water partition coefficient (Wildman–Crippen LogP) is 2.94. The first-order valence-electron chi connectivity index (χ1n) is 5.54. The van der Waals surface area contributed by atoms with E-state index >= 15 is 0 Å². The van der Waals surface area contributed by atoms with Crippen molar-refractivity contribution >= 4 is 18.4 Å². The summed E-state index contributed by atoms with van der Waals surface area (Å²) in [5, 5.41) is 0. The highest BCUT2D eigenvalue weighted by Crippen LogP contribution is 2.22. The Bertz CT molecular complexity index is 368. The molecule has 0 bridgehead atoms. The third-order valence-corrected chi connectivity index (χ3v) is 2.95. The highest BCUT2D eigenvalue weighted by atomic mass is 35.5. The van der Waals surface area contributed by atoms with Gasteiger partial charge in [-0.05, 0) is 23.6 Å². The van der Waals surface area contributed by atoms with Gasteiger partial charge >= 0.3 is 5.97 Å². The van der Waals surface area contributed by atoms with E-state index in [1.165, 1.54) is 7.11 Å². The number of hydrogen-bond acceptors (Lipinski definition) is 3. The number of esters is 1. The number of carbonyl (C=O) groups is 1. The summed E-state index contributed by atoms with van der Waals surface area (Å²) in [5.74, 6) is 0.0751. The number of hydrogen-bond donors (Lipinski definition) is 1. The van der Waals surface area contributed by atoms with E-state index in [-0.39, 0.29) is 24.4 Å². The molecule has 1 unspecified atom stereocenters. The first-order chi connectivity index (χ1) is 7.60. The van der Waals surface area contributed by atoms with E-state index in [0.717, 1.165) is 12.0 Å². The third kappa shape index (κ3) is 4.02. The third-order valence-electron chi connectivity index (χ3n) is 2.95. The quantitative estimate of drug-likeness (QED) is 0.844. The highest BCUT2D eigenvalue weighted by molar-refractivity contribution is 5.89. The van der Waals surface area contributed by atoms with Crippen LogP contribution in [0.2, 0.25) is 0 Å². The second-order valence-corrected chi connectivity index (χ2v) is 4.03. The molecule has 0 spiro atoms. The monoisotopic (exact) mass is 257 g/mol. The molecule has 0 saturated carbocycles. The number of nitrogens with two attached hydrogens (primary N) is 1. The molecule has 17 heavy (non-hydrogen) atoms. The lowest BCUT2D eigenvalue weighted by molar-refractivity contribution is 0.0600. The summed E-state index contributed by atoms with van der Waals surface area (Å²) in [6.07, 6.45) is 1.02. The maximum absolute atomic E-state index is 11.4. The lowest BCUT2D eigenvalue weighted by Gasteiger charge is -2.19. The molecule has 1 aromatic rings. The van der Waals surface area contributed by atoms with Gasteiger partial charge in [-0.3, -0.25) is 0 Å². The van der Waals surface area contributed by atoms with E-state index in [9.17, 15) is 4.79 Å². The molecule has 0 aliphatic carbocycles. The van der Waals surface area contributed by atoms with Crippen LogP contribution in [0.4, 0.5) is 0 Å². The van der Waals surface area contributed by atoms with E-state index in [0.29, 0.717) is 11.5 Å². The standard InChI is InChI=1S/C13H19NO2.ClH/c1-4-9(2)12(14)10-6-5-7-11(8-10)13(15)16-3;/h5-9,12H,4,14H2,1-3H3;1H/t9?,12-;/m0./s1. The Balaban J connectivity index is 0.00000256. The first-order valence-corrected chi connectivity index (χ1v) is 5.54. The van der Waals surface area contributed by atoms with E-state index < -0.39 is 0 Å². The highest BCUT2D eigenvalue weighted by Gasteiger charge is 2.14. The summed E-state index contributed by atoms with van der Waals surface area (Å²) in [7, 11) is 1.38. The molecule has 96 valence electrons. The van der Waals surface area contributed by atoms with Crippen LogP contribution >= 0.6 is 12.4 Å². The number of methoxy groups -OCH3 is 1. The minimum atomic E-state index is -0.321. The molecule has 0 radical (unpaired) electrons. The fourth-order valence-electron chi connectivity index (χ4n) is 1.57. The Morgan fingerprint density at radius 2 is 2.12 bits per heavy atom. The maximum Gasteiger partial charge on any atom is 0.337 e. The number of ether oxygens (including phenoxy) is 1. The lowest BCUT2D eigenvalue weighted by atomic mass is 9.92. The van der Waals surface area contributed by atoms with Gasteiger partial charge in [-0.25, -0.2) is 4.79 Å². The minimum Gasteiger partial charge on any atom is -0.465 e. The van der Waals surface area contributed by atoms with E-state index in [2.05, 4.69) is 18.6 Å². The van der Waals surface area contributed by atoms with Gasteiger partial charge in [-0.15, -0.1) is 12.4 Å². The fraction of sp³-hybridized carbons (Fsp3) is 0.462. The van der Waals surface area contributed by atoms with Gasteiger partial charge in [0.25, 0.3) is 0 Å². The average molecular weight is 258 g/mol. The molecule has 0 aliphatic rings. The van der Waals surface area contributed by atoms with Crippen molar-refractivity contribution in [1.29, 1.82) is 0 Å². The van der Waals surface area contributed by atoms with Crippen molar-refractivity contribution in [2.24, 2.45) is 11.7 Å². The molecular weight excluding hydrogens is 238 g/mol. The van der Waals surface area contributed by atoms with Crippen LogP contribution < -0.4 is 5.73 Å². The molecule has 0 aliphatic heterocycles. The van der Waals surface area contributed by atoms with E-state index in [4.69, 9.17) is 5.73 Å². The molecule has 0 saturated heterocycles.